The molecule has 0 saturated heterocycles. The summed E-state index contributed by atoms with van der Waals surface area (Å²) in [5, 5.41) is 0.736. The molecule has 0 fully saturated rings. The molecule has 0 radical (unpaired) electrons. The van der Waals surface area contributed by atoms with Crippen LogP contribution in [0.2, 0.25) is 5.02 Å². The normalized spacial score (nSPS) is 10.8. The van der Waals surface area contributed by atoms with Crippen molar-refractivity contribution in [3.63, 3.8) is 0 Å². The Balaban J connectivity index is 0. The zero-order chi connectivity index (χ0) is 6.62. The molecule has 52 valence electrons. The van der Waals surface area contributed by atoms with Crippen molar-refractivity contribution in [2.24, 2.45) is 0 Å². The Morgan fingerprint density at radius 3 is 1.78 bits per heavy atom. The Bertz CT molecular complexity index is 63.3. The van der Waals surface area contributed by atoms with E-state index in [-0.39, 0.29) is 24.0 Å². The molecule has 0 saturated carbocycles. The molecule has 0 aromatic carbocycles. The van der Waals surface area contributed by atoms with Gasteiger partial charge in [-0.3, -0.25) is 0 Å². The van der Waals surface area contributed by atoms with Gasteiger partial charge in [-0.2, -0.15) is 0 Å². The summed E-state index contributed by atoms with van der Waals surface area (Å²) in [5.74, 6) is 0. The van der Waals surface area contributed by atoms with Gasteiger partial charge in [0.25, 0.3) is 0 Å². The summed E-state index contributed by atoms with van der Waals surface area (Å²) in [6.45, 7) is 0. The number of alkyl halides is 3. The first-order chi connectivity index (χ1) is 3.56. The molecule has 0 atom stereocenters. The van der Waals surface area contributed by atoms with Gasteiger partial charge in [-0.25, -0.2) is 0 Å². The molecule has 0 amide bonds. The Labute approximate surface area is 79.3 Å². The number of halogens is 4. The van der Waals surface area contributed by atoms with Gasteiger partial charge in [0.1, 0.15) is 0 Å². The van der Waals surface area contributed by atoms with Gasteiger partial charge in [0.2, 0.25) is 0 Å². The topological polar surface area (TPSA) is 0 Å². The molecule has 5 heteroatoms. The average molecular weight is 303 g/mol. The summed E-state index contributed by atoms with van der Waals surface area (Å²) in [7, 11) is 0. The van der Waals surface area contributed by atoms with Crippen molar-refractivity contribution < 1.29 is 55.5 Å². The van der Waals surface area contributed by atoms with E-state index >= 15 is 0 Å². The summed E-state index contributed by atoms with van der Waals surface area (Å²) in [5.41, 5.74) is 0. The number of rotatable bonds is 2. The molecule has 0 heterocycles. The second-order valence-electron chi connectivity index (χ2n) is 1.57. The van der Waals surface area contributed by atoms with Crippen molar-refractivity contribution in [1.29, 1.82) is 0 Å². The van der Waals surface area contributed by atoms with Crippen LogP contribution in [-0.2, 0) is 18.3 Å². The molecule has 0 bridgehead atoms. The maximum Gasteiger partial charge on any atom is -1.00 e. The Kier molecular flexibility index (Phi) is 8.37. The van der Waals surface area contributed by atoms with Crippen LogP contribution in [0.3, 0.4) is 0 Å². The third-order valence-corrected chi connectivity index (χ3v) is 1.76. The van der Waals surface area contributed by atoms with Crippen LogP contribution in [0, 0.1) is 0 Å². The van der Waals surface area contributed by atoms with Gasteiger partial charge in [0.15, 0.2) is 0 Å². The monoisotopic (exact) mass is 302 g/mol. The predicted octanol–water partition coefficient (Wildman–Crippen LogP) is -0.702. The fraction of sp³-hybridized carbons (Fsp3) is 1.00. The summed E-state index contributed by atoms with van der Waals surface area (Å²) in [4.78, 5) is 0. The van der Waals surface area contributed by atoms with E-state index in [1.54, 1.807) is 0 Å². The van der Waals surface area contributed by atoms with Gasteiger partial charge in [-0.05, 0) is 0 Å². The Morgan fingerprint density at radius 2 is 1.67 bits per heavy atom. The SMILES string of the molecule is FC(F)(F)CC[CH2][Zn+].[I-]. The second-order valence-corrected chi connectivity index (χ2v) is 3.06. The summed E-state index contributed by atoms with van der Waals surface area (Å²) < 4.78 is 33.8. The Hall–Kier alpha value is 1.14. The molecular formula is C4H6F3IZn. The van der Waals surface area contributed by atoms with Gasteiger partial charge in [-0.1, -0.05) is 0 Å². The van der Waals surface area contributed by atoms with Crippen molar-refractivity contribution in [3.8, 4) is 0 Å². The van der Waals surface area contributed by atoms with E-state index in [1.807, 2.05) is 0 Å². The van der Waals surface area contributed by atoms with Crippen LogP contribution in [0.4, 0.5) is 13.2 Å². The molecule has 0 rings (SSSR count). The molecule has 0 N–H and O–H groups in total. The molecule has 0 aliphatic carbocycles. The van der Waals surface area contributed by atoms with Gasteiger partial charge in [0.05, 0.1) is 0 Å². The van der Waals surface area contributed by atoms with Crippen molar-refractivity contribution in [2.75, 3.05) is 0 Å². The summed E-state index contributed by atoms with van der Waals surface area (Å²) in [6, 6.07) is 0. The molecule has 0 unspecified atom stereocenters. The third-order valence-electron chi connectivity index (χ3n) is 0.710. The van der Waals surface area contributed by atoms with Crippen molar-refractivity contribution in [2.45, 2.75) is 24.0 Å². The second kappa shape index (κ2) is 5.89. The Morgan fingerprint density at radius 1 is 1.22 bits per heavy atom. The van der Waals surface area contributed by atoms with Crippen LogP contribution in [-0.4, -0.2) is 6.18 Å². The molecule has 0 spiro atoms. The van der Waals surface area contributed by atoms with Crippen LogP contribution in [0.15, 0.2) is 0 Å². The molecule has 0 aliphatic rings. The van der Waals surface area contributed by atoms with Gasteiger partial charge < -0.3 is 24.0 Å². The first-order valence-corrected chi connectivity index (χ1v) is 4.52. The largest absolute Gasteiger partial charge is 1.00 e. The minimum absolute atomic E-state index is 0. The van der Waals surface area contributed by atoms with E-state index in [0.29, 0.717) is 6.42 Å². The zero-order valence-electron chi connectivity index (χ0n) is 4.84. The first kappa shape index (κ1) is 12.8. The molecule has 0 aliphatic heterocycles. The smallest absolute Gasteiger partial charge is 1.00 e. The van der Waals surface area contributed by atoms with E-state index in [9.17, 15) is 13.2 Å². The van der Waals surface area contributed by atoms with Gasteiger partial charge in [-0.15, -0.1) is 0 Å². The zero-order valence-corrected chi connectivity index (χ0v) is 9.96. The minimum Gasteiger partial charge on any atom is -1.00 e. The number of hydrogen-bond acceptors (Lipinski definition) is 0. The summed E-state index contributed by atoms with van der Waals surface area (Å²) in [6.07, 6.45) is -4.22. The average Bonchev–Trinajstić information content (AvgIpc) is 1.59. The van der Waals surface area contributed by atoms with Crippen molar-refractivity contribution in [3.05, 3.63) is 0 Å². The maximum atomic E-state index is 11.3. The molecule has 0 nitrogen and oxygen atoms in total. The van der Waals surface area contributed by atoms with Crippen molar-refractivity contribution in [1.82, 2.24) is 0 Å². The van der Waals surface area contributed by atoms with E-state index in [4.69, 9.17) is 0 Å². The molecule has 0 aromatic heterocycles. The number of hydrogen-bond donors (Lipinski definition) is 0. The van der Waals surface area contributed by atoms with Crippen LogP contribution in [0.5, 0.6) is 0 Å². The predicted molar refractivity (Wildman–Crippen MR) is 20.1 cm³/mol. The van der Waals surface area contributed by atoms with Crippen molar-refractivity contribution >= 4 is 0 Å². The van der Waals surface area contributed by atoms with Gasteiger partial charge >= 0.3 is 55.5 Å². The van der Waals surface area contributed by atoms with E-state index in [1.165, 1.54) is 0 Å². The molecule has 9 heavy (non-hydrogen) atoms. The standard InChI is InChI=1S/C4H6F3.HI.Zn/c1-2-3-4(5,6)7;;/h1-3H2;1H;/q;;+1/p-1. The molecular weight excluding hydrogens is 297 g/mol. The van der Waals surface area contributed by atoms with Crippen LogP contribution >= 0.6 is 0 Å². The first-order valence-electron chi connectivity index (χ1n) is 2.42. The van der Waals surface area contributed by atoms with Crippen LogP contribution in [0.25, 0.3) is 0 Å². The molecule has 0 aromatic rings. The van der Waals surface area contributed by atoms with Crippen LogP contribution in [0.1, 0.15) is 12.8 Å². The minimum atomic E-state index is -3.93. The summed E-state index contributed by atoms with van der Waals surface area (Å²) >= 11 is 0.968. The van der Waals surface area contributed by atoms with E-state index in [2.05, 4.69) is 0 Å². The van der Waals surface area contributed by atoms with E-state index in [0.717, 1.165) is 23.3 Å². The fourth-order valence-corrected chi connectivity index (χ4v) is 0.850. The van der Waals surface area contributed by atoms with Crippen LogP contribution < -0.4 is 24.0 Å². The quantitative estimate of drug-likeness (QED) is 0.467. The third kappa shape index (κ3) is 12.4. The maximum absolute atomic E-state index is 11.3. The van der Waals surface area contributed by atoms with Gasteiger partial charge in [0, 0.05) is 0 Å². The fourth-order valence-electron chi connectivity index (χ4n) is 0.325. The van der Waals surface area contributed by atoms with E-state index < -0.39 is 12.6 Å².